The van der Waals surface area contributed by atoms with E-state index in [1.807, 2.05) is 19.2 Å². The number of rotatable bonds is 3. The average molecular weight is 171 g/mol. The molecule has 0 aliphatic carbocycles. The maximum Gasteiger partial charge on any atom is 0.182 e. The Morgan fingerprint density at radius 2 is 2.45 bits per heavy atom. The first kappa shape index (κ1) is 8.49. The number of thiazole rings is 1. The Balaban J connectivity index is 2.35. The molecular weight excluding hydrogens is 158 g/mol. The summed E-state index contributed by atoms with van der Waals surface area (Å²) in [6, 6.07) is 0. The second-order valence-electron chi connectivity index (χ2n) is 3.18. The molecule has 11 heavy (non-hydrogen) atoms. The van der Waals surface area contributed by atoms with Crippen molar-refractivity contribution in [1.82, 2.24) is 4.98 Å². The van der Waals surface area contributed by atoms with E-state index >= 15 is 0 Å². The van der Waals surface area contributed by atoms with Crippen LogP contribution in [0.5, 0.6) is 0 Å². The van der Waals surface area contributed by atoms with Crippen LogP contribution in [0.2, 0.25) is 0 Å². The second-order valence-corrected chi connectivity index (χ2v) is 4.07. The molecule has 0 spiro atoms. The van der Waals surface area contributed by atoms with Crippen LogP contribution in [-0.2, 0) is 0 Å². The summed E-state index contributed by atoms with van der Waals surface area (Å²) >= 11 is 1.59. The average Bonchev–Trinajstić information content (AvgIpc) is 2.32. The van der Waals surface area contributed by atoms with Crippen molar-refractivity contribution < 1.29 is 0 Å². The van der Waals surface area contributed by atoms with Crippen molar-refractivity contribution in [3.05, 3.63) is 11.6 Å². The SMILES string of the molecule is CC(C)(N)CNc1nccs1. The van der Waals surface area contributed by atoms with Crippen LogP contribution in [0.1, 0.15) is 13.8 Å². The summed E-state index contributed by atoms with van der Waals surface area (Å²) in [7, 11) is 0. The largest absolute Gasteiger partial charge is 0.360 e. The molecule has 4 heteroatoms. The van der Waals surface area contributed by atoms with Gasteiger partial charge < -0.3 is 11.1 Å². The fourth-order valence-corrected chi connectivity index (χ4v) is 1.14. The Kier molecular flexibility index (Phi) is 2.46. The molecule has 0 amide bonds. The van der Waals surface area contributed by atoms with Crippen molar-refractivity contribution in [2.45, 2.75) is 19.4 Å². The fourth-order valence-electron chi connectivity index (χ4n) is 0.614. The number of nitrogens with two attached hydrogens (primary N) is 1. The van der Waals surface area contributed by atoms with Crippen molar-refractivity contribution in [2.75, 3.05) is 11.9 Å². The summed E-state index contributed by atoms with van der Waals surface area (Å²) in [5.74, 6) is 0. The summed E-state index contributed by atoms with van der Waals surface area (Å²) in [6.45, 7) is 4.71. The van der Waals surface area contributed by atoms with Crippen LogP contribution in [-0.4, -0.2) is 17.1 Å². The molecule has 1 aromatic rings. The highest BCUT2D eigenvalue weighted by Crippen LogP contribution is 2.10. The van der Waals surface area contributed by atoms with Crippen LogP contribution in [0, 0.1) is 0 Å². The maximum absolute atomic E-state index is 5.77. The van der Waals surface area contributed by atoms with Crippen molar-refractivity contribution >= 4 is 16.5 Å². The first-order valence-corrected chi connectivity index (χ1v) is 4.38. The Hall–Kier alpha value is -0.610. The van der Waals surface area contributed by atoms with E-state index in [1.54, 1.807) is 17.5 Å². The van der Waals surface area contributed by atoms with Gasteiger partial charge in [-0.2, -0.15) is 0 Å². The van der Waals surface area contributed by atoms with Gasteiger partial charge in [-0.25, -0.2) is 4.98 Å². The van der Waals surface area contributed by atoms with E-state index in [4.69, 9.17) is 5.73 Å². The van der Waals surface area contributed by atoms with Gasteiger partial charge in [0.25, 0.3) is 0 Å². The molecule has 0 radical (unpaired) electrons. The highest BCUT2D eigenvalue weighted by Gasteiger charge is 2.09. The third-order valence-corrected chi connectivity index (χ3v) is 1.86. The van der Waals surface area contributed by atoms with Gasteiger partial charge >= 0.3 is 0 Å². The number of nitrogens with zero attached hydrogens (tertiary/aromatic N) is 1. The molecule has 0 unspecified atom stereocenters. The summed E-state index contributed by atoms with van der Waals surface area (Å²) in [4.78, 5) is 4.07. The summed E-state index contributed by atoms with van der Waals surface area (Å²) in [5.41, 5.74) is 5.59. The lowest BCUT2D eigenvalue weighted by Gasteiger charge is -2.18. The second kappa shape index (κ2) is 3.19. The molecule has 62 valence electrons. The van der Waals surface area contributed by atoms with Gasteiger partial charge in [-0.05, 0) is 13.8 Å². The smallest absolute Gasteiger partial charge is 0.182 e. The third kappa shape index (κ3) is 3.34. The standard InChI is InChI=1S/C7H13N3S/c1-7(2,8)5-10-6-9-3-4-11-6/h3-4H,5,8H2,1-2H3,(H,9,10). The molecule has 1 aromatic heterocycles. The van der Waals surface area contributed by atoms with Crippen molar-refractivity contribution in [3.8, 4) is 0 Å². The first-order chi connectivity index (χ1) is 5.08. The minimum absolute atomic E-state index is 0.175. The Morgan fingerprint density at radius 3 is 2.91 bits per heavy atom. The van der Waals surface area contributed by atoms with Gasteiger partial charge in [0.2, 0.25) is 0 Å². The topological polar surface area (TPSA) is 50.9 Å². The normalized spacial score (nSPS) is 11.5. The Morgan fingerprint density at radius 1 is 1.73 bits per heavy atom. The number of hydrogen-bond acceptors (Lipinski definition) is 4. The molecule has 0 aliphatic heterocycles. The van der Waals surface area contributed by atoms with Crippen LogP contribution in [0.15, 0.2) is 11.6 Å². The number of anilines is 1. The molecule has 0 atom stereocenters. The number of aromatic nitrogens is 1. The van der Waals surface area contributed by atoms with Crippen molar-refractivity contribution in [3.63, 3.8) is 0 Å². The van der Waals surface area contributed by atoms with Gasteiger partial charge in [0.1, 0.15) is 0 Å². The number of hydrogen-bond donors (Lipinski definition) is 2. The van der Waals surface area contributed by atoms with Crippen LogP contribution >= 0.6 is 11.3 Å². The van der Waals surface area contributed by atoms with Gasteiger partial charge in [0, 0.05) is 23.7 Å². The van der Waals surface area contributed by atoms with E-state index in [0.29, 0.717) is 0 Å². The lowest BCUT2D eigenvalue weighted by molar-refractivity contribution is 0.549. The molecular formula is C7H13N3S. The lowest BCUT2D eigenvalue weighted by atomic mass is 10.1. The van der Waals surface area contributed by atoms with Crippen LogP contribution in [0.3, 0.4) is 0 Å². The zero-order chi connectivity index (χ0) is 8.32. The van der Waals surface area contributed by atoms with E-state index in [0.717, 1.165) is 11.7 Å². The van der Waals surface area contributed by atoms with E-state index in [1.165, 1.54) is 0 Å². The van der Waals surface area contributed by atoms with E-state index in [9.17, 15) is 0 Å². The molecule has 0 fully saturated rings. The van der Waals surface area contributed by atoms with Gasteiger partial charge in [0.15, 0.2) is 5.13 Å². The van der Waals surface area contributed by atoms with Gasteiger partial charge in [-0.1, -0.05) is 0 Å². The van der Waals surface area contributed by atoms with Gasteiger partial charge in [-0.3, -0.25) is 0 Å². The molecule has 1 heterocycles. The molecule has 3 nitrogen and oxygen atoms in total. The number of nitrogens with one attached hydrogen (secondary N) is 1. The summed E-state index contributed by atoms with van der Waals surface area (Å²) in [5, 5.41) is 6.02. The highest BCUT2D eigenvalue weighted by molar-refractivity contribution is 7.13. The van der Waals surface area contributed by atoms with E-state index in [-0.39, 0.29) is 5.54 Å². The molecule has 3 N–H and O–H groups in total. The zero-order valence-corrected chi connectivity index (χ0v) is 7.61. The van der Waals surface area contributed by atoms with E-state index in [2.05, 4.69) is 10.3 Å². The highest BCUT2D eigenvalue weighted by atomic mass is 32.1. The lowest BCUT2D eigenvalue weighted by Crippen LogP contribution is -2.39. The molecule has 0 aliphatic rings. The maximum atomic E-state index is 5.77. The first-order valence-electron chi connectivity index (χ1n) is 3.50. The molecule has 1 rings (SSSR count). The summed E-state index contributed by atoms with van der Waals surface area (Å²) < 4.78 is 0. The fraction of sp³-hybridized carbons (Fsp3) is 0.571. The zero-order valence-electron chi connectivity index (χ0n) is 6.79. The van der Waals surface area contributed by atoms with Crippen LogP contribution in [0.4, 0.5) is 5.13 Å². The van der Waals surface area contributed by atoms with Crippen LogP contribution < -0.4 is 11.1 Å². The molecule has 0 saturated carbocycles. The molecule has 0 saturated heterocycles. The molecule has 0 bridgehead atoms. The van der Waals surface area contributed by atoms with Crippen molar-refractivity contribution in [1.29, 1.82) is 0 Å². The minimum Gasteiger partial charge on any atom is -0.360 e. The summed E-state index contributed by atoms with van der Waals surface area (Å²) in [6.07, 6.45) is 1.77. The predicted octanol–water partition coefficient (Wildman–Crippen LogP) is 1.29. The molecule has 0 aromatic carbocycles. The Bertz CT molecular complexity index is 200. The quantitative estimate of drug-likeness (QED) is 0.720. The van der Waals surface area contributed by atoms with Crippen molar-refractivity contribution in [2.24, 2.45) is 5.73 Å². The van der Waals surface area contributed by atoms with Crippen LogP contribution in [0.25, 0.3) is 0 Å². The van der Waals surface area contributed by atoms with E-state index < -0.39 is 0 Å². The Labute approximate surface area is 70.6 Å². The monoisotopic (exact) mass is 171 g/mol. The predicted molar refractivity (Wildman–Crippen MR) is 48.9 cm³/mol. The third-order valence-electron chi connectivity index (χ3n) is 1.13. The minimum atomic E-state index is -0.175. The van der Waals surface area contributed by atoms with Gasteiger partial charge in [0.05, 0.1) is 0 Å². The van der Waals surface area contributed by atoms with Gasteiger partial charge in [-0.15, -0.1) is 11.3 Å².